The molecular formula is C15H20N2O2. The van der Waals surface area contributed by atoms with Gasteiger partial charge in [-0.25, -0.2) is 0 Å². The Morgan fingerprint density at radius 2 is 2.05 bits per heavy atom. The topological polar surface area (TPSA) is 49.4 Å². The normalized spacial score (nSPS) is 16.8. The average Bonchev–Trinajstić information content (AvgIpc) is 2.63. The lowest BCUT2D eigenvalue weighted by molar-refractivity contribution is -0.121. The zero-order chi connectivity index (χ0) is 13.7. The Kier molecular flexibility index (Phi) is 4.68. The van der Waals surface area contributed by atoms with Gasteiger partial charge in [0.05, 0.1) is 13.1 Å². The summed E-state index contributed by atoms with van der Waals surface area (Å²) in [5.41, 5.74) is 1.95. The highest BCUT2D eigenvalue weighted by Crippen LogP contribution is 2.07. The lowest BCUT2D eigenvalue weighted by atomic mass is 10.1. The Morgan fingerprint density at radius 1 is 1.32 bits per heavy atom. The van der Waals surface area contributed by atoms with Crippen LogP contribution in [0.3, 0.4) is 0 Å². The summed E-state index contributed by atoms with van der Waals surface area (Å²) < 4.78 is 0. The van der Waals surface area contributed by atoms with Gasteiger partial charge in [0.1, 0.15) is 0 Å². The van der Waals surface area contributed by atoms with Crippen molar-refractivity contribution in [1.82, 2.24) is 10.2 Å². The molecule has 0 spiro atoms. The molecule has 1 aliphatic heterocycles. The van der Waals surface area contributed by atoms with Crippen LogP contribution in [0.25, 0.3) is 0 Å². The van der Waals surface area contributed by atoms with Crippen molar-refractivity contribution in [2.24, 2.45) is 0 Å². The molecule has 0 aromatic heterocycles. The molecule has 102 valence electrons. The van der Waals surface area contributed by atoms with Crippen LogP contribution in [-0.2, 0) is 11.2 Å². The SMILES string of the molecule is CCc1ccc(C(=O)CN2CCCNC(=O)C2)cc1. The molecular weight excluding hydrogens is 240 g/mol. The number of ketones is 1. The van der Waals surface area contributed by atoms with Crippen LogP contribution in [-0.4, -0.2) is 42.8 Å². The second kappa shape index (κ2) is 6.48. The fourth-order valence-corrected chi connectivity index (χ4v) is 2.22. The largest absolute Gasteiger partial charge is 0.355 e. The molecule has 1 aromatic carbocycles. The van der Waals surface area contributed by atoms with E-state index in [1.54, 1.807) is 0 Å². The first-order chi connectivity index (χ1) is 9.19. The number of benzene rings is 1. The van der Waals surface area contributed by atoms with E-state index in [-0.39, 0.29) is 11.7 Å². The molecule has 1 aliphatic rings. The van der Waals surface area contributed by atoms with Gasteiger partial charge in [-0.3, -0.25) is 14.5 Å². The van der Waals surface area contributed by atoms with Gasteiger partial charge in [-0.15, -0.1) is 0 Å². The summed E-state index contributed by atoms with van der Waals surface area (Å²) in [6.45, 7) is 4.22. The maximum Gasteiger partial charge on any atom is 0.234 e. The number of Topliss-reactive ketones (excluding diaryl/α,β-unsaturated/α-hetero) is 1. The molecule has 0 atom stereocenters. The van der Waals surface area contributed by atoms with E-state index in [2.05, 4.69) is 12.2 Å². The highest BCUT2D eigenvalue weighted by atomic mass is 16.2. The Hall–Kier alpha value is -1.68. The number of nitrogens with zero attached hydrogens (tertiary/aromatic N) is 1. The second-order valence-corrected chi connectivity index (χ2v) is 4.89. The third-order valence-corrected chi connectivity index (χ3v) is 3.39. The second-order valence-electron chi connectivity index (χ2n) is 4.89. The van der Waals surface area contributed by atoms with E-state index in [1.807, 2.05) is 29.2 Å². The first-order valence-corrected chi connectivity index (χ1v) is 6.80. The van der Waals surface area contributed by atoms with Gasteiger partial charge in [0, 0.05) is 18.7 Å². The van der Waals surface area contributed by atoms with E-state index in [4.69, 9.17) is 0 Å². The predicted octanol–water partition coefficient (Wildman–Crippen LogP) is 1.25. The van der Waals surface area contributed by atoms with E-state index in [0.29, 0.717) is 19.6 Å². The van der Waals surface area contributed by atoms with Gasteiger partial charge in [-0.1, -0.05) is 31.2 Å². The smallest absolute Gasteiger partial charge is 0.234 e. The van der Waals surface area contributed by atoms with Gasteiger partial charge in [0.2, 0.25) is 5.91 Å². The van der Waals surface area contributed by atoms with Crippen LogP contribution in [0.15, 0.2) is 24.3 Å². The number of amides is 1. The van der Waals surface area contributed by atoms with Gasteiger partial charge in [-0.2, -0.15) is 0 Å². The van der Waals surface area contributed by atoms with Crippen molar-refractivity contribution in [2.75, 3.05) is 26.2 Å². The fraction of sp³-hybridized carbons (Fsp3) is 0.467. The molecule has 1 saturated heterocycles. The lowest BCUT2D eigenvalue weighted by Crippen LogP contribution is -2.36. The van der Waals surface area contributed by atoms with Crippen molar-refractivity contribution in [3.05, 3.63) is 35.4 Å². The summed E-state index contributed by atoms with van der Waals surface area (Å²) in [4.78, 5) is 25.5. The average molecular weight is 260 g/mol. The number of carbonyl (C=O) groups excluding carboxylic acids is 2. The van der Waals surface area contributed by atoms with Crippen LogP contribution in [0, 0.1) is 0 Å². The summed E-state index contributed by atoms with van der Waals surface area (Å²) in [6, 6.07) is 7.73. The number of carbonyl (C=O) groups is 2. The van der Waals surface area contributed by atoms with E-state index in [9.17, 15) is 9.59 Å². The van der Waals surface area contributed by atoms with Crippen LogP contribution >= 0.6 is 0 Å². The predicted molar refractivity (Wildman–Crippen MR) is 74.2 cm³/mol. The van der Waals surface area contributed by atoms with Gasteiger partial charge < -0.3 is 5.32 Å². The minimum atomic E-state index is 0.00614. The van der Waals surface area contributed by atoms with Crippen molar-refractivity contribution in [2.45, 2.75) is 19.8 Å². The van der Waals surface area contributed by atoms with E-state index < -0.39 is 0 Å². The molecule has 1 amide bonds. The zero-order valence-electron chi connectivity index (χ0n) is 11.3. The number of nitrogens with one attached hydrogen (secondary N) is 1. The minimum absolute atomic E-state index is 0.00614. The molecule has 4 heteroatoms. The Bertz CT molecular complexity index is 454. The standard InChI is InChI=1S/C15H20N2O2/c1-2-12-4-6-13(7-5-12)14(18)10-17-9-3-8-16-15(19)11-17/h4-7H,2-3,8-11H2,1H3,(H,16,19). The maximum atomic E-state index is 12.2. The van der Waals surface area contributed by atoms with Gasteiger partial charge in [0.25, 0.3) is 0 Å². The molecule has 0 aliphatic carbocycles. The fourth-order valence-electron chi connectivity index (χ4n) is 2.22. The molecule has 1 fully saturated rings. The molecule has 0 saturated carbocycles. The molecule has 1 aromatic rings. The molecule has 2 rings (SSSR count). The monoisotopic (exact) mass is 260 g/mol. The molecule has 0 bridgehead atoms. The van der Waals surface area contributed by atoms with Gasteiger partial charge in [0.15, 0.2) is 5.78 Å². The Balaban J connectivity index is 1.97. The number of hydrogen-bond acceptors (Lipinski definition) is 3. The number of aryl methyl sites for hydroxylation is 1. The van der Waals surface area contributed by atoms with Crippen molar-refractivity contribution in [3.8, 4) is 0 Å². The van der Waals surface area contributed by atoms with Crippen molar-refractivity contribution >= 4 is 11.7 Å². The van der Waals surface area contributed by atoms with Crippen LogP contribution in [0.1, 0.15) is 29.3 Å². The zero-order valence-corrected chi connectivity index (χ0v) is 11.3. The van der Waals surface area contributed by atoms with E-state index in [1.165, 1.54) is 5.56 Å². The summed E-state index contributed by atoms with van der Waals surface area (Å²) >= 11 is 0. The third-order valence-electron chi connectivity index (χ3n) is 3.39. The summed E-state index contributed by atoms with van der Waals surface area (Å²) in [6.07, 6.45) is 1.87. The first-order valence-electron chi connectivity index (χ1n) is 6.80. The Morgan fingerprint density at radius 3 is 2.74 bits per heavy atom. The molecule has 4 nitrogen and oxygen atoms in total. The molecule has 19 heavy (non-hydrogen) atoms. The van der Waals surface area contributed by atoms with Gasteiger partial charge in [-0.05, 0) is 18.4 Å². The van der Waals surface area contributed by atoms with Crippen molar-refractivity contribution in [3.63, 3.8) is 0 Å². The highest BCUT2D eigenvalue weighted by Gasteiger charge is 2.17. The van der Waals surface area contributed by atoms with Crippen LogP contribution in [0.2, 0.25) is 0 Å². The minimum Gasteiger partial charge on any atom is -0.355 e. The van der Waals surface area contributed by atoms with E-state index >= 15 is 0 Å². The van der Waals surface area contributed by atoms with Crippen molar-refractivity contribution in [1.29, 1.82) is 0 Å². The van der Waals surface area contributed by atoms with E-state index in [0.717, 1.165) is 24.9 Å². The molecule has 0 unspecified atom stereocenters. The summed E-state index contributed by atoms with van der Waals surface area (Å²) in [7, 11) is 0. The molecule has 1 N–H and O–H groups in total. The summed E-state index contributed by atoms with van der Waals surface area (Å²) in [5.74, 6) is 0.0870. The van der Waals surface area contributed by atoms with Crippen LogP contribution < -0.4 is 5.32 Å². The molecule has 0 radical (unpaired) electrons. The van der Waals surface area contributed by atoms with Crippen LogP contribution in [0.4, 0.5) is 0 Å². The highest BCUT2D eigenvalue weighted by molar-refractivity contribution is 5.97. The maximum absolute atomic E-state index is 12.2. The summed E-state index contributed by atoms with van der Waals surface area (Å²) in [5, 5.41) is 2.81. The third kappa shape index (κ3) is 3.89. The van der Waals surface area contributed by atoms with Crippen LogP contribution in [0.5, 0.6) is 0 Å². The number of hydrogen-bond donors (Lipinski definition) is 1. The van der Waals surface area contributed by atoms with Crippen molar-refractivity contribution < 1.29 is 9.59 Å². The number of rotatable bonds is 4. The molecule has 1 heterocycles. The van der Waals surface area contributed by atoms with Gasteiger partial charge >= 0.3 is 0 Å². The Labute approximate surface area is 113 Å². The lowest BCUT2D eigenvalue weighted by Gasteiger charge is -2.17. The first kappa shape index (κ1) is 13.7. The quantitative estimate of drug-likeness (QED) is 0.829.